The Hall–Kier alpha value is -2.64. The van der Waals surface area contributed by atoms with Crippen LogP contribution in [0.25, 0.3) is 11.1 Å². The maximum atomic E-state index is 14.3. The van der Waals surface area contributed by atoms with E-state index < -0.39 is 29.1 Å². The number of rotatable bonds is 10. The molecule has 0 aliphatic carbocycles. The molecule has 2 rings (SSSR count). The number of benzene rings is 2. The van der Waals surface area contributed by atoms with Gasteiger partial charge in [-0.15, -0.1) is 0 Å². The third kappa shape index (κ3) is 8.82. The molecule has 0 aliphatic heterocycles. The zero-order valence-corrected chi connectivity index (χ0v) is 21.7. The average molecular weight is 508 g/mol. The van der Waals surface area contributed by atoms with Crippen LogP contribution in [-0.4, -0.2) is 42.0 Å². The molecule has 192 valence electrons. The summed E-state index contributed by atoms with van der Waals surface area (Å²) in [5.74, 6) is -0.808. The highest BCUT2D eigenvalue weighted by Crippen LogP contribution is 2.31. The number of alkyl carbamates (subject to hydrolysis) is 1. The number of carbonyl (C=O) groups is 2. The van der Waals surface area contributed by atoms with Crippen molar-refractivity contribution in [2.45, 2.75) is 65.5 Å². The van der Waals surface area contributed by atoms with Gasteiger partial charge < -0.3 is 19.9 Å². The first-order chi connectivity index (χ1) is 16.4. The molecule has 8 heteroatoms. The van der Waals surface area contributed by atoms with Gasteiger partial charge in [0, 0.05) is 23.2 Å². The van der Waals surface area contributed by atoms with Crippen molar-refractivity contribution in [2.24, 2.45) is 5.41 Å². The molecular weight excluding hydrogens is 473 g/mol. The maximum absolute atomic E-state index is 14.3. The normalized spacial score (nSPS) is 14.1. The van der Waals surface area contributed by atoms with Gasteiger partial charge in [0.05, 0.1) is 12.0 Å². The highest BCUT2D eigenvalue weighted by molar-refractivity contribution is 6.30. The highest BCUT2D eigenvalue weighted by Gasteiger charge is 2.37. The Bertz CT molecular complexity index is 1010. The zero-order chi connectivity index (χ0) is 26.2. The van der Waals surface area contributed by atoms with Crippen LogP contribution < -0.4 is 5.32 Å². The molecule has 2 aromatic rings. The van der Waals surface area contributed by atoms with Crippen LogP contribution in [0.2, 0.25) is 5.02 Å². The number of nitrogens with one attached hydrogen (secondary N) is 1. The van der Waals surface area contributed by atoms with E-state index in [2.05, 4.69) is 5.32 Å². The summed E-state index contributed by atoms with van der Waals surface area (Å²) >= 11 is 6.02. The molecule has 1 amide bonds. The molecule has 0 radical (unpaired) electrons. The molecule has 35 heavy (non-hydrogen) atoms. The number of aliphatic hydroxyl groups excluding tert-OH is 1. The van der Waals surface area contributed by atoms with E-state index in [0.29, 0.717) is 22.6 Å². The van der Waals surface area contributed by atoms with E-state index in [4.69, 9.17) is 21.1 Å². The molecule has 0 fully saturated rings. The van der Waals surface area contributed by atoms with Crippen molar-refractivity contribution in [1.29, 1.82) is 0 Å². The van der Waals surface area contributed by atoms with Crippen LogP contribution in [0, 0.1) is 11.2 Å². The summed E-state index contributed by atoms with van der Waals surface area (Å²) in [6.07, 6.45) is 0.204. The van der Waals surface area contributed by atoms with Gasteiger partial charge in [0.15, 0.2) is 0 Å². The van der Waals surface area contributed by atoms with Crippen LogP contribution >= 0.6 is 11.6 Å². The minimum Gasteiger partial charge on any atom is -0.466 e. The number of hydrogen-bond donors (Lipinski definition) is 2. The summed E-state index contributed by atoms with van der Waals surface area (Å²) in [6.45, 7) is 8.76. The van der Waals surface area contributed by atoms with E-state index in [1.165, 1.54) is 12.1 Å². The van der Waals surface area contributed by atoms with Gasteiger partial charge in [-0.1, -0.05) is 35.9 Å². The fourth-order valence-corrected chi connectivity index (χ4v) is 4.03. The summed E-state index contributed by atoms with van der Waals surface area (Å²) in [6, 6.07) is 11.1. The van der Waals surface area contributed by atoms with Crippen molar-refractivity contribution in [2.75, 3.05) is 13.2 Å². The van der Waals surface area contributed by atoms with Crippen LogP contribution in [-0.2, 0) is 20.7 Å². The topological polar surface area (TPSA) is 84.9 Å². The summed E-state index contributed by atoms with van der Waals surface area (Å²) in [5.41, 5.74) is 0.237. The van der Waals surface area contributed by atoms with Crippen molar-refractivity contribution in [3.8, 4) is 11.1 Å². The van der Waals surface area contributed by atoms with Crippen molar-refractivity contribution < 1.29 is 28.6 Å². The third-order valence-electron chi connectivity index (χ3n) is 5.53. The van der Waals surface area contributed by atoms with Crippen molar-refractivity contribution in [3.63, 3.8) is 0 Å². The lowest BCUT2D eigenvalue weighted by Gasteiger charge is -2.32. The van der Waals surface area contributed by atoms with Gasteiger partial charge >= 0.3 is 12.1 Å². The number of ether oxygens (including phenoxy) is 2. The predicted molar refractivity (Wildman–Crippen MR) is 135 cm³/mol. The average Bonchev–Trinajstić information content (AvgIpc) is 2.75. The standard InChI is InChI=1S/C27H35ClFNO5/c1-6-34-24(32)27(5,13-14-31)17-21(30-25(33)35-26(2,3)4)15-18-7-9-19(10-8-18)22-16-20(28)11-12-23(22)29/h7-12,16,21,31H,6,13-15,17H2,1-5H3,(H,30,33)/t21-,27?/m1/s1. The van der Waals surface area contributed by atoms with Gasteiger partial charge in [0.25, 0.3) is 0 Å². The van der Waals surface area contributed by atoms with Crippen molar-refractivity contribution >= 4 is 23.7 Å². The van der Waals surface area contributed by atoms with Gasteiger partial charge in [-0.25, -0.2) is 9.18 Å². The van der Waals surface area contributed by atoms with Crippen LogP contribution in [0.15, 0.2) is 42.5 Å². The number of halogens is 2. The third-order valence-corrected chi connectivity index (χ3v) is 5.76. The SMILES string of the molecule is CCOC(=O)C(C)(CCO)C[C@@H](Cc1ccc(-c2cc(Cl)ccc2F)cc1)NC(=O)OC(C)(C)C. The van der Waals surface area contributed by atoms with Gasteiger partial charge in [-0.05, 0) is 83.2 Å². The Morgan fingerprint density at radius 2 is 1.77 bits per heavy atom. The highest BCUT2D eigenvalue weighted by atomic mass is 35.5. The van der Waals surface area contributed by atoms with E-state index in [1.54, 1.807) is 52.8 Å². The molecule has 0 spiro atoms. The Morgan fingerprint density at radius 1 is 1.11 bits per heavy atom. The summed E-state index contributed by atoms with van der Waals surface area (Å²) in [7, 11) is 0. The van der Waals surface area contributed by atoms with Gasteiger partial charge in [0.2, 0.25) is 0 Å². The second kappa shape index (κ2) is 12.4. The first-order valence-electron chi connectivity index (χ1n) is 11.7. The molecule has 0 saturated heterocycles. The molecule has 0 aromatic heterocycles. The lowest BCUT2D eigenvalue weighted by Crippen LogP contribution is -2.45. The second-order valence-electron chi connectivity index (χ2n) is 9.83. The number of amides is 1. The molecule has 2 aromatic carbocycles. The lowest BCUT2D eigenvalue weighted by molar-refractivity contribution is -0.156. The van der Waals surface area contributed by atoms with E-state index in [0.717, 1.165) is 5.56 Å². The Morgan fingerprint density at radius 3 is 2.34 bits per heavy atom. The maximum Gasteiger partial charge on any atom is 0.407 e. The Balaban J connectivity index is 2.29. The summed E-state index contributed by atoms with van der Waals surface area (Å²) < 4.78 is 24.9. The van der Waals surface area contributed by atoms with E-state index in [9.17, 15) is 19.1 Å². The van der Waals surface area contributed by atoms with Crippen LogP contribution in [0.1, 0.15) is 53.0 Å². The Kier molecular flexibility index (Phi) is 10.1. The first-order valence-corrected chi connectivity index (χ1v) is 12.1. The molecule has 0 aliphatic rings. The molecule has 1 unspecified atom stereocenters. The lowest BCUT2D eigenvalue weighted by atomic mass is 9.79. The smallest absolute Gasteiger partial charge is 0.407 e. The summed E-state index contributed by atoms with van der Waals surface area (Å²) in [5, 5.41) is 12.9. The Labute approximate surface area is 211 Å². The van der Waals surface area contributed by atoms with E-state index >= 15 is 0 Å². The second-order valence-corrected chi connectivity index (χ2v) is 10.3. The predicted octanol–water partition coefficient (Wildman–Crippen LogP) is 5.92. The minimum absolute atomic E-state index is 0.186. The molecule has 2 atom stereocenters. The fourth-order valence-electron chi connectivity index (χ4n) is 3.86. The first kappa shape index (κ1) is 28.6. The van der Waals surface area contributed by atoms with E-state index in [1.807, 2.05) is 12.1 Å². The van der Waals surface area contributed by atoms with Gasteiger partial charge in [-0.3, -0.25) is 4.79 Å². The zero-order valence-electron chi connectivity index (χ0n) is 21.0. The molecular formula is C27H35ClFNO5. The van der Waals surface area contributed by atoms with Crippen LogP contribution in [0.5, 0.6) is 0 Å². The molecule has 6 nitrogen and oxygen atoms in total. The minimum atomic E-state index is -1.01. The molecule has 0 heterocycles. The molecule has 0 bridgehead atoms. The number of carbonyl (C=O) groups excluding carboxylic acids is 2. The molecule has 2 N–H and O–H groups in total. The quantitative estimate of drug-likeness (QED) is 0.390. The van der Waals surface area contributed by atoms with Crippen LogP contribution in [0.3, 0.4) is 0 Å². The van der Waals surface area contributed by atoms with E-state index in [-0.39, 0.29) is 31.9 Å². The number of esters is 1. The molecule has 0 saturated carbocycles. The number of aliphatic hydroxyl groups is 1. The number of hydrogen-bond acceptors (Lipinski definition) is 5. The monoisotopic (exact) mass is 507 g/mol. The van der Waals surface area contributed by atoms with Crippen molar-refractivity contribution in [3.05, 3.63) is 58.9 Å². The van der Waals surface area contributed by atoms with Gasteiger partial charge in [0.1, 0.15) is 11.4 Å². The summed E-state index contributed by atoms with van der Waals surface area (Å²) in [4.78, 5) is 25.2. The largest absolute Gasteiger partial charge is 0.466 e. The van der Waals surface area contributed by atoms with Crippen LogP contribution in [0.4, 0.5) is 9.18 Å². The van der Waals surface area contributed by atoms with Gasteiger partial charge in [-0.2, -0.15) is 0 Å². The fraction of sp³-hybridized carbons (Fsp3) is 0.481. The van der Waals surface area contributed by atoms with Crippen molar-refractivity contribution in [1.82, 2.24) is 5.32 Å².